The van der Waals surface area contributed by atoms with Crippen LogP contribution in [-0.2, 0) is 0 Å². The predicted molar refractivity (Wildman–Crippen MR) is 237 cm³/mol. The lowest BCUT2D eigenvalue weighted by molar-refractivity contribution is 0.376. The van der Waals surface area contributed by atoms with Gasteiger partial charge in [-0.1, -0.05) is 185 Å². The van der Waals surface area contributed by atoms with Gasteiger partial charge in [0.15, 0.2) is 0 Å². The molecule has 294 valence electrons. The van der Waals surface area contributed by atoms with Gasteiger partial charge in [-0.25, -0.2) is 0 Å². The fourth-order valence-electron chi connectivity index (χ4n) is 7.46. The quantitative estimate of drug-likeness (QED) is 0.0657. The molecular weight excluding hydrogens is 661 g/mol. The molecule has 0 aromatic heterocycles. The molecule has 6 atom stereocenters. The number of thioether (sulfide) groups is 3. The van der Waals surface area contributed by atoms with E-state index in [1.807, 2.05) is 11.8 Å². The summed E-state index contributed by atoms with van der Waals surface area (Å²) in [5.74, 6) is 9.53. The Morgan fingerprint density at radius 2 is 0.680 bits per heavy atom. The third-order valence-electron chi connectivity index (χ3n) is 11.4. The number of rotatable bonds is 33. The third-order valence-corrected chi connectivity index (χ3v) is 14.5. The van der Waals surface area contributed by atoms with Gasteiger partial charge in [0, 0.05) is 14.7 Å². The summed E-state index contributed by atoms with van der Waals surface area (Å²) in [6.45, 7) is 24.4. The van der Waals surface area contributed by atoms with Gasteiger partial charge in [-0.05, 0) is 96.1 Å². The largest absolute Gasteiger partial charge is 0.130 e. The molecule has 0 nitrogen and oxygen atoms in total. The lowest BCUT2D eigenvalue weighted by Gasteiger charge is -2.17. The second-order valence-corrected chi connectivity index (χ2v) is 21.2. The fourth-order valence-corrected chi connectivity index (χ4v) is 10.6. The first kappa shape index (κ1) is 48.3. The van der Waals surface area contributed by atoms with Crippen LogP contribution in [0.4, 0.5) is 0 Å². The topological polar surface area (TPSA) is 0 Å². The van der Waals surface area contributed by atoms with Crippen LogP contribution >= 0.6 is 35.3 Å². The van der Waals surface area contributed by atoms with E-state index in [2.05, 4.69) is 117 Å². The Morgan fingerprint density at radius 3 is 1.00 bits per heavy atom. The second-order valence-electron chi connectivity index (χ2n) is 18.1. The SMILES string of the molecule is CSc1ccc(SCCC(C)CCCC(C)CCCC(C)CCCC(C)C)c(SCCC(C)CCCC(C)CCCC(C)CCCC(C)C)c1. The van der Waals surface area contributed by atoms with Crippen molar-refractivity contribution >= 4 is 35.3 Å². The summed E-state index contributed by atoms with van der Waals surface area (Å²) >= 11 is 6.12. The lowest BCUT2D eigenvalue weighted by atomic mass is 9.91. The van der Waals surface area contributed by atoms with Gasteiger partial charge in [-0.2, -0.15) is 0 Å². The Hall–Kier alpha value is 0.270. The molecule has 0 N–H and O–H groups in total. The van der Waals surface area contributed by atoms with Gasteiger partial charge in [0.25, 0.3) is 0 Å². The highest BCUT2D eigenvalue weighted by atomic mass is 32.2. The molecule has 0 amide bonds. The Kier molecular flexibility index (Phi) is 29.5. The van der Waals surface area contributed by atoms with Crippen LogP contribution in [0.2, 0.25) is 0 Å². The Labute approximate surface area is 329 Å². The third kappa shape index (κ3) is 26.9. The molecule has 1 aromatic rings. The summed E-state index contributed by atoms with van der Waals surface area (Å²) in [6.07, 6.45) is 30.5. The van der Waals surface area contributed by atoms with Crippen molar-refractivity contribution in [2.75, 3.05) is 17.8 Å². The lowest BCUT2D eigenvalue weighted by Crippen LogP contribution is -2.02. The minimum Gasteiger partial charge on any atom is -0.130 e. The molecule has 0 aliphatic heterocycles. The molecule has 0 fully saturated rings. The van der Waals surface area contributed by atoms with Gasteiger partial charge in [-0.3, -0.25) is 0 Å². The van der Waals surface area contributed by atoms with E-state index in [-0.39, 0.29) is 0 Å². The van der Waals surface area contributed by atoms with Gasteiger partial charge in [0.1, 0.15) is 0 Å². The maximum atomic E-state index is 2.50. The van der Waals surface area contributed by atoms with E-state index in [4.69, 9.17) is 0 Å². The molecule has 50 heavy (non-hydrogen) atoms. The Morgan fingerprint density at radius 1 is 0.380 bits per heavy atom. The van der Waals surface area contributed by atoms with E-state index in [0.717, 1.165) is 47.3 Å². The molecule has 0 spiro atoms. The maximum Gasteiger partial charge on any atom is 0.0219 e. The van der Waals surface area contributed by atoms with Gasteiger partial charge in [-0.15, -0.1) is 35.3 Å². The zero-order valence-electron chi connectivity index (χ0n) is 35.6. The van der Waals surface area contributed by atoms with Crippen molar-refractivity contribution in [3.8, 4) is 0 Å². The van der Waals surface area contributed by atoms with Crippen LogP contribution in [0, 0.1) is 47.3 Å². The first-order chi connectivity index (χ1) is 23.9. The van der Waals surface area contributed by atoms with Crippen LogP contribution in [0.1, 0.15) is 198 Å². The van der Waals surface area contributed by atoms with Crippen LogP contribution in [0.5, 0.6) is 0 Å². The van der Waals surface area contributed by atoms with E-state index in [9.17, 15) is 0 Å². The summed E-state index contributed by atoms with van der Waals surface area (Å²) in [5, 5.41) is 0. The molecule has 1 aromatic carbocycles. The van der Waals surface area contributed by atoms with E-state index >= 15 is 0 Å². The molecule has 0 heterocycles. The maximum absolute atomic E-state index is 2.50. The summed E-state index contributed by atoms with van der Waals surface area (Å²) in [6, 6.07) is 7.21. The molecule has 3 heteroatoms. The molecule has 0 saturated carbocycles. The zero-order chi connectivity index (χ0) is 37.1. The molecule has 1 rings (SSSR count). The van der Waals surface area contributed by atoms with Crippen LogP contribution in [0.15, 0.2) is 32.9 Å². The second kappa shape index (κ2) is 30.6. The van der Waals surface area contributed by atoms with Gasteiger partial charge < -0.3 is 0 Å². The molecule has 6 unspecified atom stereocenters. The van der Waals surface area contributed by atoms with Crippen molar-refractivity contribution in [3.63, 3.8) is 0 Å². The molecule has 0 aliphatic rings. The summed E-state index contributed by atoms with van der Waals surface area (Å²) in [5.41, 5.74) is 0. The van der Waals surface area contributed by atoms with E-state index < -0.39 is 0 Å². The highest BCUT2D eigenvalue weighted by Crippen LogP contribution is 2.36. The first-order valence-electron chi connectivity index (χ1n) is 21.8. The van der Waals surface area contributed by atoms with Crippen molar-refractivity contribution < 1.29 is 0 Å². The van der Waals surface area contributed by atoms with Crippen molar-refractivity contribution in [1.29, 1.82) is 0 Å². The number of benzene rings is 1. The molecule has 0 radical (unpaired) electrons. The van der Waals surface area contributed by atoms with Crippen LogP contribution in [0.3, 0.4) is 0 Å². The van der Waals surface area contributed by atoms with Gasteiger partial charge in [0.2, 0.25) is 0 Å². The summed E-state index contributed by atoms with van der Waals surface area (Å²) < 4.78 is 0. The average Bonchev–Trinajstić information content (AvgIpc) is 3.05. The monoisotopic (exact) mass is 749 g/mol. The number of hydrogen-bond acceptors (Lipinski definition) is 3. The van der Waals surface area contributed by atoms with Crippen molar-refractivity contribution in [1.82, 2.24) is 0 Å². The standard InChI is InChI=1S/C47H88S3/c1-37(2)18-12-20-39(5)22-14-24-41(7)26-16-28-43(9)32-34-49-46-31-30-45(48-11)36-47(46)50-35-33-44(10)29-17-27-42(8)25-15-23-40(6)21-13-19-38(3)4/h30-31,36-44H,12-29,32-35H2,1-11H3. The smallest absolute Gasteiger partial charge is 0.0219 e. The van der Waals surface area contributed by atoms with Crippen LogP contribution in [0.25, 0.3) is 0 Å². The molecule has 0 bridgehead atoms. The van der Waals surface area contributed by atoms with Crippen LogP contribution in [-0.4, -0.2) is 17.8 Å². The highest BCUT2D eigenvalue weighted by molar-refractivity contribution is 8.02. The van der Waals surface area contributed by atoms with E-state index in [0.29, 0.717) is 0 Å². The average molecular weight is 749 g/mol. The first-order valence-corrected chi connectivity index (χ1v) is 25.0. The normalized spacial score (nSPS) is 15.8. The predicted octanol–water partition coefficient (Wildman–Crippen LogP) is 17.5. The Bertz CT molecular complexity index is 910. The number of hydrogen-bond donors (Lipinski definition) is 0. The minimum absolute atomic E-state index is 0.835. The summed E-state index contributed by atoms with van der Waals surface area (Å²) in [4.78, 5) is 4.45. The summed E-state index contributed by atoms with van der Waals surface area (Å²) in [7, 11) is 0. The molecule has 0 saturated heterocycles. The molecular formula is C47H88S3. The minimum atomic E-state index is 0.835. The van der Waals surface area contributed by atoms with Crippen LogP contribution < -0.4 is 0 Å². The Balaban J connectivity index is 2.26. The highest BCUT2D eigenvalue weighted by Gasteiger charge is 2.12. The van der Waals surface area contributed by atoms with Crippen molar-refractivity contribution in [2.24, 2.45) is 47.3 Å². The van der Waals surface area contributed by atoms with Gasteiger partial charge in [0.05, 0.1) is 0 Å². The van der Waals surface area contributed by atoms with Gasteiger partial charge >= 0.3 is 0 Å². The van der Waals surface area contributed by atoms with Crippen molar-refractivity contribution in [2.45, 2.75) is 212 Å². The zero-order valence-corrected chi connectivity index (χ0v) is 38.1. The fraction of sp³-hybridized carbons (Fsp3) is 0.872. The molecule has 0 aliphatic carbocycles. The van der Waals surface area contributed by atoms with E-state index in [1.165, 1.54) is 155 Å². The van der Waals surface area contributed by atoms with E-state index in [1.54, 1.807) is 0 Å². The van der Waals surface area contributed by atoms with Crippen molar-refractivity contribution in [3.05, 3.63) is 18.2 Å².